The number of hydrogen-bond donors (Lipinski definition) is 2. The molecule has 1 aromatic heterocycles. The minimum absolute atomic E-state index is 0.0190. The molecule has 3 rings (SSSR count). The molecule has 1 aromatic rings. The molecule has 0 unspecified atom stereocenters. The van der Waals surface area contributed by atoms with E-state index in [1.54, 1.807) is 0 Å². The van der Waals surface area contributed by atoms with Gasteiger partial charge in [0.05, 0.1) is 12.3 Å². The van der Waals surface area contributed by atoms with E-state index in [4.69, 9.17) is 9.47 Å². The third-order valence-electron chi connectivity index (χ3n) is 4.94. The van der Waals surface area contributed by atoms with Gasteiger partial charge in [0, 0.05) is 31.5 Å². The smallest absolute Gasteiger partial charge is 0.220 e. The summed E-state index contributed by atoms with van der Waals surface area (Å²) in [6.45, 7) is 5.06. The highest BCUT2D eigenvalue weighted by Crippen LogP contribution is 2.37. The van der Waals surface area contributed by atoms with Crippen LogP contribution in [0.25, 0.3) is 0 Å². The average molecular weight is 321 g/mol. The number of H-pyrrole nitrogens is 1. The van der Waals surface area contributed by atoms with Gasteiger partial charge in [0.15, 0.2) is 5.79 Å². The van der Waals surface area contributed by atoms with Gasteiger partial charge in [0.1, 0.15) is 6.10 Å². The zero-order valence-electron chi connectivity index (χ0n) is 14.1. The number of hydrogen-bond acceptors (Lipinski definition) is 4. The topological polar surface area (TPSA) is 76.2 Å². The molecule has 2 heterocycles. The van der Waals surface area contributed by atoms with Crippen molar-refractivity contribution in [2.24, 2.45) is 0 Å². The lowest BCUT2D eigenvalue weighted by Crippen LogP contribution is -2.37. The molecule has 1 aliphatic heterocycles. The van der Waals surface area contributed by atoms with Crippen LogP contribution >= 0.6 is 0 Å². The van der Waals surface area contributed by atoms with Crippen LogP contribution in [0.5, 0.6) is 0 Å². The lowest BCUT2D eigenvalue weighted by Gasteiger charge is -2.31. The van der Waals surface area contributed by atoms with Crippen molar-refractivity contribution in [1.29, 1.82) is 0 Å². The molecule has 6 nitrogen and oxygen atoms in total. The summed E-state index contributed by atoms with van der Waals surface area (Å²) in [6, 6.07) is 0. The molecular formula is C17H27N3O3. The predicted octanol–water partition coefficient (Wildman–Crippen LogP) is 2.15. The monoisotopic (exact) mass is 321 g/mol. The van der Waals surface area contributed by atoms with Crippen molar-refractivity contribution in [1.82, 2.24) is 15.5 Å². The summed E-state index contributed by atoms with van der Waals surface area (Å²) >= 11 is 0. The molecule has 1 amide bonds. The number of ether oxygens (including phenoxy) is 2. The molecule has 0 aromatic carbocycles. The van der Waals surface area contributed by atoms with E-state index in [2.05, 4.69) is 15.5 Å². The van der Waals surface area contributed by atoms with E-state index in [0.29, 0.717) is 26.0 Å². The molecule has 1 aliphatic carbocycles. The van der Waals surface area contributed by atoms with Gasteiger partial charge in [0.2, 0.25) is 5.91 Å². The summed E-state index contributed by atoms with van der Waals surface area (Å²) < 4.78 is 12.0. The van der Waals surface area contributed by atoms with Crippen molar-refractivity contribution in [3.8, 4) is 0 Å². The number of aromatic amines is 1. The minimum atomic E-state index is -0.362. The normalized spacial score (nSPS) is 23.3. The van der Waals surface area contributed by atoms with Crippen LogP contribution in [0.15, 0.2) is 0 Å². The summed E-state index contributed by atoms with van der Waals surface area (Å²) in [7, 11) is 0. The van der Waals surface area contributed by atoms with Gasteiger partial charge in [0.25, 0.3) is 0 Å². The van der Waals surface area contributed by atoms with E-state index < -0.39 is 0 Å². The van der Waals surface area contributed by atoms with Crippen molar-refractivity contribution in [3.05, 3.63) is 17.0 Å². The zero-order chi connectivity index (χ0) is 16.3. The predicted molar refractivity (Wildman–Crippen MR) is 86.0 cm³/mol. The second-order valence-corrected chi connectivity index (χ2v) is 6.74. The van der Waals surface area contributed by atoms with E-state index in [-0.39, 0.29) is 17.8 Å². The number of nitrogens with one attached hydrogen (secondary N) is 2. The minimum Gasteiger partial charge on any atom is -0.353 e. The SMILES string of the molecule is Cc1n[nH]c(C)c1CCC(=O)NC[C@H]1COC2(CCCCC2)O1. The Morgan fingerprint density at radius 1 is 1.35 bits per heavy atom. The van der Waals surface area contributed by atoms with Crippen molar-refractivity contribution in [3.63, 3.8) is 0 Å². The summed E-state index contributed by atoms with van der Waals surface area (Å²) in [5.41, 5.74) is 3.16. The quantitative estimate of drug-likeness (QED) is 0.871. The van der Waals surface area contributed by atoms with Gasteiger partial charge in [-0.25, -0.2) is 0 Å². The number of aryl methyl sites for hydroxylation is 2. The van der Waals surface area contributed by atoms with Crippen molar-refractivity contribution in [2.45, 2.75) is 70.7 Å². The molecule has 0 bridgehead atoms. The third kappa shape index (κ3) is 3.93. The fourth-order valence-electron chi connectivity index (χ4n) is 3.57. The van der Waals surface area contributed by atoms with E-state index in [0.717, 1.165) is 29.8 Å². The molecule has 128 valence electrons. The highest BCUT2D eigenvalue weighted by Gasteiger charge is 2.42. The number of carbonyl (C=O) groups is 1. The largest absolute Gasteiger partial charge is 0.353 e. The molecule has 2 N–H and O–H groups in total. The Morgan fingerprint density at radius 3 is 2.83 bits per heavy atom. The van der Waals surface area contributed by atoms with Crippen LogP contribution < -0.4 is 5.32 Å². The highest BCUT2D eigenvalue weighted by atomic mass is 16.7. The Hall–Kier alpha value is -1.40. The molecule has 1 saturated heterocycles. The van der Waals surface area contributed by atoms with Crippen LogP contribution in [0.1, 0.15) is 55.5 Å². The standard InChI is InChI=1S/C17H27N3O3/c1-12-15(13(2)20-19-12)6-7-16(21)18-10-14-11-22-17(23-14)8-4-3-5-9-17/h14H,3-11H2,1-2H3,(H,18,21)(H,19,20)/t14-/m0/s1. The lowest BCUT2D eigenvalue weighted by atomic mass is 9.94. The molecule has 1 saturated carbocycles. The maximum atomic E-state index is 12.0. The number of carbonyl (C=O) groups excluding carboxylic acids is 1. The second kappa shape index (κ2) is 7.01. The summed E-state index contributed by atoms with van der Waals surface area (Å²) in [6.07, 6.45) is 6.74. The van der Waals surface area contributed by atoms with Gasteiger partial charge in [-0.2, -0.15) is 5.10 Å². The summed E-state index contributed by atoms with van der Waals surface area (Å²) in [5.74, 6) is -0.309. The van der Waals surface area contributed by atoms with Gasteiger partial charge in [-0.05, 0) is 38.7 Å². The molecule has 2 fully saturated rings. The average Bonchev–Trinajstić information content (AvgIpc) is 3.08. The number of aromatic nitrogens is 2. The lowest BCUT2D eigenvalue weighted by molar-refractivity contribution is -0.186. The van der Waals surface area contributed by atoms with Gasteiger partial charge in [-0.15, -0.1) is 0 Å². The van der Waals surface area contributed by atoms with Gasteiger partial charge >= 0.3 is 0 Å². The molecule has 1 spiro atoms. The summed E-state index contributed by atoms with van der Waals surface area (Å²) in [5, 5.41) is 10.1. The zero-order valence-corrected chi connectivity index (χ0v) is 14.1. The molecular weight excluding hydrogens is 294 g/mol. The highest BCUT2D eigenvalue weighted by molar-refractivity contribution is 5.76. The van der Waals surface area contributed by atoms with Crippen LogP contribution in [0.2, 0.25) is 0 Å². The molecule has 1 atom stereocenters. The first kappa shape index (κ1) is 16.5. The van der Waals surface area contributed by atoms with Crippen LogP contribution in [-0.4, -0.2) is 41.1 Å². The Labute approximate surface area is 137 Å². The maximum absolute atomic E-state index is 12.0. The Morgan fingerprint density at radius 2 is 2.13 bits per heavy atom. The van der Waals surface area contributed by atoms with Gasteiger partial charge in [-0.3, -0.25) is 9.89 Å². The summed E-state index contributed by atoms with van der Waals surface area (Å²) in [4.78, 5) is 12.0. The first-order valence-corrected chi connectivity index (χ1v) is 8.67. The van der Waals surface area contributed by atoms with Crippen LogP contribution in [-0.2, 0) is 20.7 Å². The first-order chi connectivity index (χ1) is 11.1. The van der Waals surface area contributed by atoms with Crippen molar-refractivity contribution < 1.29 is 14.3 Å². The molecule has 23 heavy (non-hydrogen) atoms. The Bertz CT molecular complexity index is 530. The van der Waals surface area contributed by atoms with Crippen molar-refractivity contribution >= 4 is 5.91 Å². The third-order valence-corrected chi connectivity index (χ3v) is 4.94. The van der Waals surface area contributed by atoms with E-state index in [1.165, 1.54) is 19.3 Å². The van der Waals surface area contributed by atoms with E-state index >= 15 is 0 Å². The van der Waals surface area contributed by atoms with E-state index in [9.17, 15) is 4.79 Å². The number of rotatable bonds is 5. The fraction of sp³-hybridized carbons (Fsp3) is 0.765. The molecule has 0 radical (unpaired) electrons. The molecule has 6 heteroatoms. The van der Waals surface area contributed by atoms with Gasteiger partial charge in [-0.1, -0.05) is 6.42 Å². The van der Waals surface area contributed by atoms with Crippen molar-refractivity contribution in [2.75, 3.05) is 13.2 Å². The van der Waals surface area contributed by atoms with E-state index in [1.807, 2.05) is 13.8 Å². The number of nitrogens with zero attached hydrogens (tertiary/aromatic N) is 1. The van der Waals surface area contributed by atoms with Gasteiger partial charge < -0.3 is 14.8 Å². The Kier molecular flexibility index (Phi) is 5.02. The first-order valence-electron chi connectivity index (χ1n) is 8.67. The Balaban J connectivity index is 1.40. The van der Waals surface area contributed by atoms with Crippen LogP contribution in [0.3, 0.4) is 0 Å². The van der Waals surface area contributed by atoms with Crippen LogP contribution in [0, 0.1) is 13.8 Å². The fourth-order valence-corrected chi connectivity index (χ4v) is 3.57. The number of amides is 1. The van der Waals surface area contributed by atoms with Crippen LogP contribution in [0.4, 0.5) is 0 Å². The maximum Gasteiger partial charge on any atom is 0.220 e. The second-order valence-electron chi connectivity index (χ2n) is 6.74. The molecule has 2 aliphatic rings.